The molecule has 2 amide bonds. The number of aryl methyl sites for hydroxylation is 2. The first kappa shape index (κ1) is 36.4. The largest absolute Gasteiger partial charge is 0.481 e. The molecule has 0 N–H and O–H groups in total. The second kappa shape index (κ2) is 14.1. The zero-order valence-corrected chi connectivity index (χ0v) is 33.3. The van der Waals surface area contributed by atoms with E-state index in [-0.39, 0.29) is 29.3 Å². The number of benzene rings is 2. The monoisotopic (exact) mass is 780 g/mol. The van der Waals surface area contributed by atoms with Crippen LogP contribution in [0.3, 0.4) is 0 Å². The highest BCUT2D eigenvalue weighted by Crippen LogP contribution is 2.51. The standard InChI is InChI=1S/C43H46Cl2N6O4/c1-25(52)48-15-17-49(18-16-48)35-13-11-27-19-33(46-41(54-3)37(27)35)31-9-5-7-29(39(31)44)30-8-6-10-32(40(30)45)34-20-28-12-14-36(38(28)42(47-34)55-4)51-23-43(24-51)21-50(22-43)26(2)53/h5-10,19-20,35-36H,11-18,21-24H2,1-4H3. The van der Waals surface area contributed by atoms with E-state index in [1.54, 1.807) is 28.1 Å². The van der Waals surface area contributed by atoms with E-state index in [1.165, 1.54) is 16.7 Å². The summed E-state index contributed by atoms with van der Waals surface area (Å²) in [5, 5.41) is 1.14. The van der Waals surface area contributed by atoms with Crippen molar-refractivity contribution in [3.8, 4) is 45.4 Å². The molecular formula is C43H46Cl2N6O4. The summed E-state index contributed by atoms with van der Waals surface area (Å²) in [4.78, 5) is 42.6. The second-order valence-electron chi connectivity index (χ2n) is 15.9. The van der Waals surface area contributed by atoms with Gasteiger partial charge in [-0.2, -0.15) is 0 Å². The molecule has 12 heteroatoms. The number of nitrogens with zero attached hydrogens (tertiary/aromatic N) is 6. The minimum atomic E-state index is 0.131. The number of piperazine rings is 1. The Bertz CT molecular complexity index is 2210. The Labute approximate surface area is 332 Å². The molecule has 0 saturated carbocycles. The van der Waals surface area contributed by atoms with Crippen molar-refractivity contribution >= 4 is 35.0 Å². The fourth-order valence-electron chi connectivity index (χ4n) is 9.93. The van der Waals surface area contributed by atoms with Crippen LogP contribution in [0.1, 0.15) is 61.0 Å². The van der Waals surface area contributed by atoms with E-state index in [0.29, 0.717) is 21.8 Å². The highest BCUT2D eigenvalue weighted by atomic mass is 35.5. The van der Waals surface area contributed by atoms with Crippen LogP contribution in [0.5, 0.6) is 11.8 Å². The molecule has 286 valence electrons. The van der Waals surface area contributed by atoms with Crippen molar-refractivity contribution in [1.29, 1.82) is 0 Å². The molecule has 2 aliphatic carbocycles. The van der Waals surface area contributed by atoms with E-state index in [4.69, 9.17) is 42.6 Å². The second-order valence-corrected chi connectivity index (χ2v) is 16.7. The van der Waals surface area contributed by atoms with Crippen molar-refractivity contribution in [2.75, 3.05) is 66.6 Å². The fraction of sp³-hybridized carbons (Fsp3) is 0.442. The molecule has 3 aliphatic heterocycles. The quantitative estimate of drug-likeness (QED) is 0.196. The lowest BCUT2D eigenvalue weighted by atomic mass is 9.72. The Morgan fingerprint density at radius 3 is 1.56 bits per heavy atom. The smallest absolute Gasteiger partial charge is 0.219 e. The maximum absolute atomic E-state index is 11.9. The molecule has 2 aromatic carbocycles. The van der Waals surface area contributed by atoms with Gasteiger partial charge in [0.25, 0.3) is 0 Å². The van der Waals surface area contributed by atoms with Crippen molar-refractivity contribution in [3.63, 3.8) is 0 Å². The van der Waals surface area contributed by atoms with E-state index in [9.17, 15) is 9.59 Å². The summed E-state index contributed by atoms with van der Waals surface area (Å²) in [5.74, 6) is 1.57. The topological polar surface area (TPSA) is 91.3 Å². The van der Waals surface area contributed by atoms with Crippen LogP contribution in [0.25, 0.3) is 33.6 Å². The first-order valence-electron chi connectivity index (χ1n) is 19.3. The van der Waals surface area contributed by atoms with E-state index in [0.717, 1.165) is 117 Å². The highest BCUT2D eigenvalue weighted by Gasteiger charge is 2.55. The molecular weight excluding hydrogens is 735 g/mol. The number of carbonyl (C=O) groups is 2. The summed E-state index contributed by atoms with van der Waals surface area (Å²) >= 11 is 14.6. The third kappa shape index (κ3) is 6.16. The molecule has 1 spiro atoms. The molecule has 3 fully saturated rings. The molecule has 3 saturated heterocycles. The summed E-state index contributed by atoms with van der Waals surface area (Å²) in [5.41, 5.74) is 9.80. The Hall–Kier alpha value is -4.22. The molecule has 5 heterocycles. The van der Waals surface area contributed by atoms with E-state index >= 15 is 0 Å². The van der Waals surface area contributed by atoms with Crippen molar-refractivity contribution in [2.45, 2.75) is 51.6 Å². The molecule has 0 radical (unpaired) electrons. The van der Waals surface area contributed by atoms with Gasteiger partial charge in [0.05, 0.1) is 35.7 Å². The predicted molar refractivity (Wildman–Crippen MR) is 214 cm³/mol. The number of hydrogen-bond donors (Lipinski definition) is 0. The van der Waals surface area contributed by atoms with E-state index < -0.39 is 0 Å². The average molecular weight is 782 g/mol. The lowest BCUT2D eigenvalue weighted by Gasteiger charge is -2.61. The van der Waals surface area contributed by atoms with Crippen molar-refractivity contribution < 1.29 is 19.1 Å². The van der Waals surface area contributed by atoms with Crippen molar-refractivity contribution in [1.82, 2.24) is 29.6 Å². The van der Waals surface area contributed by atoms with Crippen LogP contribution in [0.15, 0.2) is 48.5 Å². The molecule has 10 nitrogen and oxygen atoms in total. The molecule has 2 atom stereocenters. The number of methoxy groups -OCH3 is 2. The van der Waals surface area contributed by atoms with Crippen LogP contribution < -0.4 is 9.47 Å². The minimum absolute atomic E-state index is 0.131. The van der Waals surface area contributed by atoms with Gasteiger partial charge in [0.2, 0.25) is 23.6 Å². The van der Waals surface area contributed by atoms with Gasteiger partial charge in [-0.1, -0.05) is 59.6 Å². The molecule has 5 aliphatic rings. The molecule has 4 aromatic rings. The van der Waals surface area contributed by atoms with Gasteiger partial charge in [0, 0.05) is 117 Å². The first-order valence-corrected chi connectivity index (χ1v) is 20.1. The van der Waals surface area contributed by atoms with Crippen LogP contribution in [-0.4, -0.2) is 108 Å². The number of rotatable bonds is 7. The number of pyridine rings is 2. The number of carbonyl (C=O) groups excluding carboxylic acids is 2. The average Bonchev–Trinajstić information content (AvgIpc) is 3.78. The highest BCUT2D eigenvalue weighted by molar-refractivity contribution is 6.39. The maximum Gasteiger partial charge on any atom is 0.219 e. The van der Waals surface area contributed by atoms with Gasteiger partial charge in [0.1, 0.15) is 0 Å². The van der Waals surface area contributed by atoms with Crippen LogP contribution in [-0.2, 0) is 22.4 Å². The predicted octanol–water partition coefficient (Wildman–Crippen LogP) is 7.10. The molecule has 9 rings (SSSR count). The number of hydrogen-bond acceptors (Lipinski definition) is 8. The van der Waals surface area contributed by atoms with Crippen LogP contribution in [0.2, 0.25) is 10.0 Å². The molecule has 0 bridgehead atoms. The van der Waals surface area contributed by atoms with Gasteiger partial charge in [-0.05, 0) is 48.9 Å². The van der Waals surface area contributed by atoms with Crippen molar-refractivity contribution in [3.05, 3.63) is 80.8 Å². The number of likely N-dealkylation sites (tertiary alicyclic amines) is 2. The van der Waals surface area contributed by atoms with Gasteiger partial charge in [-0.3, -0.25) is 19.4 Å². The van der Waals surface area contributed by atoms with Crippen molar-refractivity contribution in [2.24, 2.45) is 5.41 Å². The van der Waals surface area contributed by atoms with Gasteiger partial charge in [-0.15, -0.1) is 0 Å². The fourth-order valence-corrected chi connectivity index (χ4v) is 10.6. The summed E-state index contributed by atoms with van der Waals surface area (Å²) in [6.07, 6.45) is 3.85. The first-order chi connectivity index (χ1) is 26.6. The van der Waals surface area contributed by atoms with E-state index in [2.05, 4.69) is 21.9 Å². The minimum Gasteiger partial charge on any atom is -0.481 e. The normalized spacial score (nSPS) is 21.6. The number of aromatic nitrogens is 2. The lowest BCUT2D eigenvalue weighted by Crippen LogP contribution is -2.72. The summed E-state index contributed by atoms with van der Waals surface area (Å²) < 4.78 is 11.9. The van der Waals surface area contributed by atoms with Gasteiger partial charge < -0.3 is 19.3 Å². The Kier molecular flexibility index (Phi) is 9.31. The molecule has 2 unspecified atom stereocenters. The van der Waals surface area contributed by atoms with Crippen LogP contribution >= 0.6 is 23.2 Å². The summed E-state index contributed by atoms with van der Waals surface area (Å²) in [7, 11) is 3.37. The number of halogens is 2. The molecule has 55 heavy (non-hydrogen) atoms. The van der Waals surface area contributed by atoms with E-state index in [1.807, 2.05) is 46.2 Å². The Morgan fingerprint density at radius 1 is 0.655 bits per heavy atom. The Balaban J connectivity index is 0.988. The van der Waals surface area contributed by atoms with Crippen LogP contribution in [0, 0.1) is 5.41 Å². The zero-order chi connectivity index (χ0) is 38.2. The van der Waals surface area contributed by atoms with Crippen LogP contribution in [0.4, 0.5) is 0 Å². The summed E-state index contributed by atoms with van der Waals surface area (Å²) in [6, 6.07) is 16.8. The number of fused-ring (bicyclic) bond motifs is 2. The van der Waals surface area contributed by atoms with Gasteiger partial charge >= 0.3 is 0 Å². The number of amides is 2. The maximum atomic E-state index is 11.9. The molecule has 2 aromatic heterocycles. The Morgan fingerprint density at radius 2 is 1.11 bits per heavy atom. The van der Waals surface area contributed by atoms with Gasteiger partial charge in [0.15, 0.2) is 0 Å². The zero-order valence-electron chi connectivity index (χ0n) is 31.8. The lowest BCUT2D eigenvalue weighted by molar-refractivity contribution is -0.161. The third-order valence-corrected chi connectivity index (χ3v) is 13.5. The third-order valence-electron chi connectivity index (χ3n) is 12.7. The SMILES string of the molecule is COc1nc(-c2cccc(-c3cccc(-c4cc5c(c(OC)n4)C(N4CC6(CN(C(C)=O)C6)C4)CC5)c3Cl)c2Cl)cc2c1C(N1CCN(C(C)=O)CC1)CC2. The number of ether oxygens (including phenoxy) is 2. The van der Waals surface area contributed by atoms with Gasteiger partial charge in [-0.25, -0.2) is 9.97 Å². The summed E-state index contributed by atoms with van der Waals surface area (Å²) in [6.45, 7) is 10.1.